The minimum Gasteiger partial charge on any atom is -0.494 e. The number of methoxy groups -OCH3 is 1. The molecule has 0 aliphatic carbocycles. The van der Waals surface area contributed by atoms with Crippen LogP contribution in [0.1, 0.15) is 34.1 Å². The van der Waals surface area contributed by atoms with E-state index in [9.17, 15) is 9.59 Å². The number of amides is 1. The van der Waals surface area contributed by atoms with Gasteiger partial charge < -0.3 is 14.8 Å². The molecule has 2 aromatic carbocycles. The van der Waals surface area contributed by atoms with E-state index in [1.54, 1.807) is 24.3 Å². The fourth-order valence-corrected chi connectivity index (χ4v) is 3.87. The maximum absolute atomic E-state index is 12.6. The normalized spacial score (nSPS) is 10.4. The van der Waals surface area contributed by atoms with Crippen molar-refractivity contribution >= 4 is 39.8 Å². The van der Waals surface area contributed by atoms with Gasteiger partial charge in [0.25, 0.3) is 5.91 Å². The molecule has 0 unspecified atom stereocenters. The molecule has 5 nitrogen and oxygen atoms in total. The Balaban J connectivity index is 1.91. The molecule has 0 radical (unpaired) electrons. The summed E-state index contributed by atoms with van der Waals surface area (Å²) in [5.41, 5.74) is 2.23. The average molecular weight is 430 g/mol. The molecule has 150 valence electrons. The molecule has 0 saturated heterocycles. The van der Waals surface area contributed by atoms with Crippen LogP contribution < -0.4 is 10.1 Å². The maximum atomic E-state index is 12.6. The van der Waals surface area contributed by atoms with Crippen molar-refractivity contribution in [3.63, 3.8) is 0 Å². The second-order valence-electron chi connectivity index (χ2n) is 6.18. The van der Waals surface area contributed by atoms with Crippen LogP contribution in [0.4, 0.5) is 5.00 Å². The van der Waals surface area contributed by atoms with Crippen LogP contribution in [-0.2, 0) is 4.74 Å². The van der Waals surface area contributed by atoms with Crippen molar-refractivity contribution in [1.29, 1.82) is 0 Å². The smallest absolute Gasteiger partial charge is 0.341 e. The van der Waals surface area contributed by atoms with Crippen LogP contribution in [0.15, 0.2) is 53.9 Å². The topological polar surface area (TPSA) is 64.6 Å². The lowest BCUT2D eigenvalue weighted by Crippen LogP contribution is -2.14. The SMILES string of the molecule is CCCOc1ccc(-c2csc(NC(=O)c3cccc(Cl)c3)c2C(=O)OC)cc1. The van der Waals surface area contributed by atoms with Gasteiger partial charge in [-0.1, -0.05) is 36.7 Å². The second kappa shape index (κ2) is 9.58. The summed E-state index contributed by atoms with van der Waals surface area (Å²) in [5.74, 6) is -0.108. The maximum Gasteiger partial charge on any atom is 0.341 e. The van der Waals surface area contributed by atoms with Crippen LogP contribution in [0.3, 0.4) is 0 Å². The number of thiophene rings is 1. The van der Waals surface area contributed by atoms with Gasteiger partial charge >= 0.3 is 5.97 Å². The first kappa shape index (κ1) is 20.9. The van der Waals surface area contributed by atoms with E-state index >= 15 is 0 Å². The Morgan fingerprint density at radius 2 is 1.90 bits per heavy atom. The van der Waals surface area contributed by atoms with E-state index in [1.807, 2.05) is 36.6 Å². The minimum absolute atomic E-state index is 0.315. The summed E-state index contributed by atoms with van der Waals surface area (Å²) in [6.45, 7) is 2.69. The number of anilines is 1. The van der Waals surface area contributed by atoms with E-state index in [-0.39, 0.29) is 5.91 Å². The molecule has 29 heavy (non-hydrogen) atoms. The number of ether oxygens (including phenoxy) is 2. The lowest BCUT2D eigenvalue weighted by atomic mass is 10.0. The van der Waals surface area contributed by atoms with E-state index < -0.39 is 5.97 Å². The Hall–Kier alpha value is -2.83. The Morgan fingerprint density at radius 1 is 1.14 bits per heavy atom. The minimum atomic E-state index is -0.519. The van der Waals surface area contributed by atoms with E-state index in [0.717, 1.165) is 17.7 Å². The molecule has 1 heterocycles. The number of carbonyl (C=O) groups is 2. The molecule has 0 bridgehead atoms. The number of benzene rings is 2. The van der Waals surface area contributed by atoms with Gasteiger partial charge in [0.2, 0.25) is 0 Å². The number of carbonyl (C=O) groups excluding carboxylic acids is 2. The van der Waals surface area contributed by atoms with Crippen molar-refractivity contribution in [2.45, 2.75) is 13.3 Å². The van der Waals surface area contributed by atoms with Gasteiger partial charge in [-0.2, -0.15) is 0 Å². The van der Waals surface area contributed by atoms with Crippen LogP contribution in [0, 0.1) is 0 Å². The lowest BCUT2D eigenvalue weighted by Gasteiger charge is -2.09. The van der Waals surface area contributed by atoms with Crippen molar-refractivity contribution in [3.8, 4) is 16.9 Å². The summed E-state index contributed by atoms with van der Waals surface area (Å²) in [6.07, 6.45) is 0.925. The van der Waals surface area contributed by atoms with Crippen LogP contribution in [0.2, 0.25) is 5.02 Å². The van der Waals surface area contributed by atoms with E-state index in [0.29, 0.717) is 33.3 Å². The molecule has 0 aliphatic rings. The predicted octanol–water partition coefficient (Wildman–Crippen LogP) is 5.90. The van der Waals surface area contributed by atoms with Crippen molar-refractivity contribution in [2.24, 2.45) is 0 Å². The van der Waals surface area contributed by atoms with Gasteiger partial charge in [0.05, 0.1) is 13.7 Å². The highest BCUT2D eigenvalue weighted by Crippen LogP contribution is 2.37. The molecule has 7 heteroatoms. The molecule has 1 aromatic heterocycles. The largest absolute Gasteiger partial charge is 0.494 e. The van der Waals surface area contributed by atoms with Gasteiger partial charge in [-0.05, 0) is 42.3 Å². The molecule has 1 N–H and O–H groups in total. The molecule has 0 atom stereocenters. The third-order valence-corrected chi connectivity index (χ3v) is 5.26. The quantitative estimate of drug-likeness (QED) is 0.475. The van der Waals surface area contributed by atoms with Crippen molar-refractivity contribution in [3.05, 3.63) is 70.1 Å². The number of esters is 1. The Kier molecular flexibility index (Phi) is 6.90. The number of hydrogen-bond acceptors (Lipinski definition) is 5. The number of halogens is 1. The van der Waals surface area contributed by atoms with Gasteiger partial charge in [-0.15, -0.1) is 11.3 Å². The Morgan fingerprint density at radius 3 is 2.55 bits per heavy atom. The highest BCUT2D eigenvalue weighted by molar-refractivity contribution is 7.15. The van der Waals surface area contributed by atoms with Gasteiger partial charge in [-0.25, -0.2) is 4.79 Å². The summed E-state index contributed by atoms with van der Waals surface area (Å²) in [4.78, 5) is 25.0. The number of rotatable bonds is 7. The third-order valence-electron chi connectivity index (χ3n) is 4.13. The monoisotopic (exact) mass is 429 g/mol. The van der Waals surface area contributed by atoms with Gasteiger partial charge in [0.15, 0.2) is 0 Å². The molecule has 0 saturated carbocycles. The fraction of sp³-hybridized carbons (Fsp3) is 0.182. The molecule has 0 aliphatic heterocycles. The van der Waals surface area contributed by atoms with Crippen molar-refractivity contribution in [2.75, 3.05) is 19.0 Å². The first-order valence-corrected chi connectivity index (χ1v) is 10.3. The van der Waals surface area contributed by atoms with Crippen LogP contribution in [0.25, 0.3) is 11.1 Å². The van der Waals surface area contributed by atoms with Crippen molar-refractivity contribution in [1.82, 2.24) is 0 Å². The van der Waals surface area contributed by atoms with Gasteiger partial charge in [-0.3, -0.25) is 4.79 Å². The van der Waals surface area contributed by atoms with Crippen molar-refractivity contribution < 1.29 is 19.1 Å². The first-order valence-electron chi connectivity index (χ1n) is 9.03. The van der Waals surface area contributed by atoms with Crippen LogP contribution in [0.5, 0.6) is 5.75 Å². The molecular formula is C22H20ClNO4S. The molecular weight excluding hydrogens is 410 g/mol. The van der Waals surface area contributed by atoms with E-state index in [2.05, 4.69) is 5.32 Å². The van der Waals surface area contributed by atoms with Crippen LogP contribution >= 0.6 is 22.9 Å². The van der Waals surface area contributed by atoms with E-state index in [1.165, 1.54) is 18.4 Å². The summed E-state index contributed by atoms with van der Waals surface area (Å²) in [7, 11) is 1.31. The lowest BCUT2D eigenvalue weighted by molar-refractivity contribution is 0.0603. The summed E-state index contributed by atoms with van der Waals surface area (Å²) >= 11 is 7.23. The number of nitrogens with one attached hydrogen (secondary N) is 1. The summed E-state index contributed by atoms with van der Waals surface area (Å²) < 4.78 is 10.6. The number of hydrogen-bond donors (Lipinski definition) is 1. The Labute approximate surface area is 178 Å². The van der Waals surface area contributed by atoms with Gasteiger partial charge in [0, 0.05) is 21.5 Å². The molecule has 3 aromatic rings. The summed E-state index contributed by atoms with van der Waals surface area (Å²) in [5, 5.41) is 5.50. The predicted molar refractivity (Wildman–Crippen MR) is 116 cm³/mol. The first-order chi connectivity index (χ1) is 14.0. The zero-order valence-electron chi connectivity index (χ0n) is 16.0. The molecule has 0 fully saturated rings. The highest BCUT2D eigenvalue weighted by Gasteiger charge is 2.22. The fourth-order valence-electron chi connectivity index (χ4n) is 2.72. The third kappa shape index (κ3) is 4.96. The van der Waals surface area contributed by atoms with Gasteiger partial charge in [0.1, 0.15) is 16.3 Å². The standard InChI is InChI=1S/C22H20ClNO4S/c1-3-11-28-17-9-7-14(8-10-17)18-13-29-21(19(18)22(26)27-2)24-20(25)15-5-4-6-16(23)12-15/h4-10,12-13H,3,11H2,1-2H3,(H,24,25). The zero-order valence-corrected chi connectivity index (χ0v) is 17.6. The van der Waals surface area contributed by atoms with Crippen LogP contribution in [-0.4, -0.2) is 25.6 Å². The highest BCUT2D eigenvalue weighted by atomic mass is 35.5. The molecule has 0 spiro atoms. The zero-order chi connectivity index (χ0) is 20.8. The molecule has 1 amide bonds. The second-order valence-corrected chi connectivity index (χ2v) is 7.50. The summed E-state index contributed by atoms with van der Waals surface area (Å²) in [6, 6.07) is 14.1. The molecule has 3 rings (SSSR count). The van der Waals surface area contributed by atoms with E-state index in [4.69, 9.17) is 21.1 Å². The average Bonchev–Trinajstić information content (AvgIpc) is 3.15. The Bertz CT molecular complexity index is 1010.